The van der Waals surface area contributed by atoms with Crippen molar-refractivity contribution in [3.05, 3.63) is 101 Å². The van der Waals surface area contributed by atoms with Gasteiger partial charge in [0.1, 0.15) is 11.4 Å². The summed E-state index contributed by atoms with van der Waals surface area (Å²) in [7, 11) is 0. The number of halogens is 2. The van der Waals surface area contributed by atoms with Gasteiger partial charge >= 0.3 is 0 Å². The molecule has 146 valence electrons. The van der Waals surface area contributed by atoms with Crippen molar-refractivity contribution < 1.29 is 9.18 Å². The molecule has 29 heavy (non-hydrogen) atoms. The topological polar surface area (TPSA) is 51.9 Å². The van der Waals surface area contributed by atoms with Gasteiger partial charge in [-0.05, 0) is 60.5 Å². The minimum atomic E-state index is -0.330. The van der Waals surface area contributed by atoms with Crippen LogP contribution in [0.25, 0.3) is 11.5 Å². The van der Waals surface area contributed by atoms with Gasteiger partial charge < -0.3 is 9.88 Å². The van der Waals surface area contributed by atoms with E-state index in [0.717, 1.165) is 5.56 Å². The molecule has 5 nitrogen and oxygen atoms in total. The van der Waals surface area contributed by atoms with Crippen LogP contribution in [0.1, 0.15) is 15.9 Å². The molecule has 4 rings (SSSR count). The first kappa shape index (κ1) is 19.0. The van der Waals surface area contributed by atoms with Crippen molar-refractivity contribution in [1.82, 2.24) is 19.7 Å². The molecular weight excluding hydrogens is 391 g/mol. The predicted molar refractivity (Wildman–Crippen MR) is 110 cm³/mol. The third kappa shape index (κ3) is 4.22. The van der Waals surface area contributed by atoms with Crippen molar-refractivity contribution in [3.63, 3.8) is 0 Å². The molecule has 7 heteroatoms. The van der Waals surface area contributed by atoms with Gasteiger partial charge in [-0.3, -0.25) is 4.79 Å². The molecule has 0 saturated heterocycles. The van der Waals surface area contributed by atoms with Crippen LogP contribution in [-0.2, 0) is 6.42 Å². The third-order valence-electron chi connectivity index (χ3n) is 4.52. The van der Waals surface area contributed by atoms with Gasteiger partial charge in [-0.1, -0.05) is 23.7 Å². The van der Waals surface area contributed by atoms with Crippen LogP contribution in [0.15, 0.2) is 79.3 Å². The van der Waals surface area contributed by atoms with Crippen molar-refractivity contribution in [2.75, 3.05) is 6.54 Å². The standard InChI is InChI=1S/C22H18ClFN4O/c23-17-5-3-16(4-6-17)11-12-25-21(29)20-15-26-28(19-9-7-18(24)8-10-19)22(20)27-13-1-2-14-27/h1-10,13-15H,11-12H2,(H,25,29). The first-order valence-corrected chi connectivity index (χ1v) is 9.49. The van der Waals surface area contributed by atoms with E-state index in [-0.39, 0.29) is 11.7 Å². The Morgan fingerprint density at radius 3 is 2.41 bits per heavy atom. The van der Waals surface area contributed by atoms with Crippen molar-refractivity contribution in [1.29, 1.82) is 0 Å². The second-order valence-electron chi connectivity index (χ2n) is 6.49. The molecule has 2 aromatic carbocycles. The van der Waals surface area contributed by atoms with Crippen molar-refractivity contribution >= 4 is 17.5 Å². The maximum atomic E-state index is 13.3. The number of aromatic nitrogens is 3. The van der Waals surface area contributed by atoms with Crippen LogP contribution in [0, 0.1) is 5.82 Å². The molecule has 0 aliphatic heterocycles. The van der Waals surface area contributed by atoms with E-state index in [1.54, 1.807) is 16.8 Å². The van der Waals surface area contributed by atoms with Gasteiger partial charge in [0.2, 0.25) is 0 Å². The summed E-state index contributed by atoms with van der Waals surface area (Å²) in [5.74, 6) is 0.0326. The quantitative estimate of drug-likeness (QED) is 0.513. The van der Waals surface area contributed by atoms with Gasteiger partial charge in [0.25, 0.3) is 5.91 Å². The van der Waals surface area contributed by atoms with E-state index >= 15 is 0 Å². The number of carbonyl (C=O) groups excluding carboxylic acids is 1. The molecule has 1 amide bonds. The van der Waals surface area contributed by atoms with Gasteiger partial charge in [-0.2, -0.15) is 5.10 Å². The Hall–Kier alpha value is -3.38. The average molecular weight is 409 g/mol. The summed E-state index contributed by atoms with van der Waals surface area (Å²) in [6.45, 7) is 0.479. The van der Waals surface area contributed by atoms with Crippen molar-refractivity contribution in [2.45, 2.75) is 6.42 Å². The highest BCUT2D eigenvalue weighted by atomic mass is 35.5. The van der Waals surface area contributed by atoms with Crippen LogP contribution in [0.2, 0.25) is 5.02 Å². The van der Waals surface area contributed by atoms with Crippen LogP contribution in [0.4, 0.5) is 4.39 Å². The monoisotopic (exact) mass is 408 g/mol. The van der Waals surface area contributed by atoms with E-state index in [9.17, 15) is 9.18 Å². The van der Waals surface area contributed by atoms with Crippen molar-refractivity contribution in [2.24, 2.45) is 0 Å². The Kier molecular flexibility index (Phi) is 5.44. The Morgan fingerprint density at radius 1 is 1.03 bits per heavy atom. The lowest BCUT2D eigenvalue weighted by Gasteiger charge is -2.11. The van der Waals surface area contributed by atoms with Crippen LogP contribution in [0.5, 0.6) is 0 Å². The summed E-state index contributed by atoms with van der Waals surface area (Å²) in [4.78, 5) is 12.8. The maximum Gasteiger partial charge on any atom is 0.256 e. The minimum absolute atomic E-state index is 0.226. The van der Waals surface area contributed by atoms with E-state index in [1.165, 1.54) is 18.3 Å². The van der Waals surface area contributed by atoms with Gasteiger partial charge in [0.15, 0.2) is 5.82 Å². The predicted octanol–water partition coefficient (Wildman–Crippen LogP) is 4.43. The lowest BCUT2D eigenvalue weighted by atomic mass is 10.1. The normalized spacial score (nSPS) is 10.8. The highest BCUT2D eigenvalue weighted by Gasteiger charge is 2.19. The summed E-state index contributed by atoms with van der Waals surface area (Å²) >= 11 is 5.90. The lowest BCUT2D eigenvalue weighted by Crippen LogP contribution is -2.26. The SMILES string of the molecule is O=C(NCCc1ccc(Cl)cc1)c1cnn(-c2ccc(F)cc2)c1-n1cccc1. The number of amides is 1. The van der Waals surface area contributed by atoms with Gasteiger partial charge in [0.05, 0.1) is 11.9 Å². The molecule has 0 aliphatic rings. The van der Waals surface area contributed by atoms with E-state index in [2.05, 4.69) is 10.4 Å². The van der Waals surface area contributed by atoms with Crippen LogP contribution in [0.3, 0.4) is 0 Å². The number of rotatable bonds is 6. The smallest absolute Gasteiger partial charge is 0.256 e. The number of nitrogens with one attached hydrogen (secondary N) is 1. The Balaban J connectivity index is 1.57. The molecule has 0 bridgehead atoms. The highest BCUT2D eigenvalue weighted by Crippen LogP contribution is 2.20. The lowest BCUT2D eigenvalue weighted by molar-refractivity contribution is 0.0954. The molecule has 0 radical (unpaired) electrons. The average Bonchev–Trinajstić information content (AvgIpc) is 3.39. The summed E-state index contributed by atoms with van der Waals surface area (Å²) in [6.07, 6.45) is 5.88. The summed E-state index contributed by atoms with van der Waals surface area (Å²) in [5, 5.41) is 7.99. The van der Waals surface area contributed by atoms with Crippen LogP contribution < -0.4 is 5.32 Å². The molecule has 0 unspecified atom stereocenters. The Bertz CT molecular complexity index is 1100. The highest BCUT2D eigenvalue weighted by molar-refractivity contribution is 6.30. The van der Waals surface area contributed by atoms with Crippen molar-refractivity contribution in [3.8, 4) is 11.5 Å². The third-order valence-corrected chi connectivity index (χ3v) is 4.77. The zero-order valence-electron chi connectivity index (χ0n) is 15.4. The summed E-state index contributed by atoms with van der Waals surface area (Å²) in [5.41, 5.74) is 2.18. The molecule has 2 heterocycles. The fourth-order valence-corrected chi connectivity index (χ4v) is 3.19. The summed E-state index contributed by atoms with van der Waals surface area (Å²) < 4.78 is 16.7. The second kappa shape index (κ2) is 8.32. The van der Waals surface area contributed by atoms with E-state index in [0.29, 0.717) is 35.1 Å². The minimum Gasteiger partial charge on any atom is -0.352 e. The fourth-order valence-electron chi connectivity index (χ4n) is 3.06. The molecule has 0 spiro atoms. The largest absolute Gasteiger partial charge is 0.352 e. The van der Waals surface area contributed by atoms with Crippen LogP contribution in [-0.4, -0.2) is 26.8 Å². The zero-order valence-corrected chi connectivity index (χ0v) is 16.2. The Morgan fingerprint density at radius 2 is 1.72 bits per heavy atom. The molecule has 0 aliphatic carbocycles. The number of hydrogen-bond acceptors (Lipinski definition) is 2. The first-order chi connectivity index (χ1) is 14.1. The zero-order chi connectivity index (χ0) is 20.2. The maximum absolute atomic E-state index is 13.3. The van der Waals surface area contributed by atoms with E-state index < -0.39 is 0 Å². The van der Waals surface area contributed by atoms with E-state index in [1.807, 2.05) is 53.4 Å². The molecular formula is C22H18ClFN4O. The Labute approximate surface area is 172 Å². The molecule has 0 atom stereocenters. The first-order valence-electron chi connectivity index (χ1n) is 9.12. The molecule has 4 aromatic rings. The second-order valence-corrected chi connectivity index (χ2v) is 6.93. The molecule has 0 saturated carbocycles. The number of hydrogen-bond donors (Lipinski definition) is 1. The van der Waals surface area contributed by atoms with Gasteiger partial charge in [0, 0.05) is 24.0 Å². The van der Waals surface area contributed by atoms with Crippen LogP contribution >= 0.6 is 11.6 Å². The molecule has 2 aromatic heterocycles. The number of benzene rings is 2. The summed E-state index contributed by atoms with van der Waals surface area (Å²) in [6, 6.07) is 17.2. The van der Waals surface area contributed by atoms with Gasteiger partial charge in [-0.15, -0.1) is 0 Å². The number of carbonyl (C=O) groups is 1. The number of nitrogens with zero attached hydrogens (tertiary/aromatic N) is 3. The fraction of sp³-hybridized carbons (Fsp3) is 0.0909. The molecule has 1 N–H and O–H groups in total. The molecule has 0 fully saturated rings. The van der Waals surface area contributed by atoms with E-state index in [4.69, 9.17) is 11.6 Å². The van der Waals surface area contributed by atoms with Gasteiger partial charge in [-0.25, -0.2) is 9.07 Å².